The Morgan fingerprint density at radius 3 is 2.50 bits per heavy atom. The molecule has 3 aromatic rings. The third-order valence-electron chi connectivity index (χ3n) is 4.17. The summed E-state index contributed by atoms with van der Waals surface area (Å²) in [5.41, 5.74) is 2.55. The number of aryl methyl sites for hydroxylation is 1. The van der Waals surface area contributed by atoms with Crippen LogP contribution in [-0.4, -0.2) is 21.8 Å². The summed E-state index contributed by atoms with van der Waals surface area (Å²) < 4.78 is 12.9. The molecule has 0 atom stereocenters. The standard InChI is InChI=1S/C22H21FN2O2S/c23-18-9-5-16(6-10-18)3-2-14-28-22-20(4-1-13-24-22)21(27)25-15-17-7-11-19(26)12-8-17/h1,4-13,26H,2-3,14-15H2,(H,25,27). The lowest BCUT2D eigenvalue weighted by Gasteiger charge is -2.09. The largest absolute Gasteiger partial charge is 0.508 e. The molecule has 0 fully saturated rings. The Morgan fingerprint density at radius 1 is 1.04 bits per heavy atom. The van der Waals surface area contributed by atoms with Crippen molar-refractivity contribution >= 4 is 17.7 Å². The van der Waals surface area contributed by atoms with Gasteiger partial charge in [-0.25, -0.2) is 9.37 Å². The molecule has 0 unspecified atom stereocenters. The van der Waals surface area contributed by atoms with Crippen LogP contribution in [0, 0.1) is 5.82 Å². The Kier molecular flexibility index (Phi) is 7.03. The summed E-state index contributed by atoms with van der Waals surface area (Å²) in [6.07, 6.45) is 3.43. The number of benzene rings is 2. The van der Waals surface area contributed by atoms with Gasteiger partial charge in [-0.1, -0.05) is 24.3 Å². The van der Waals surface area contributed by atoms with Crippen molar-refractivity contribution in [3.8, 4) is 5.75 Å². The van der Waals surface area contributed by atoms with Crippen molar-refractivity contribution in [2.75, 3.05) is 5.75 Å². The van der Waals surface area contributed by atoms with Crippen LogP contribution in [0.3, 0.4) is 0 Å². The summed E-state index contributed by atoms with van der Waals surface area (Å²) in [5, 5.41) is 12.9. The first-order valence-corrected chi connectivity index (χ1v) is 9.99. The summed E-state index contributed by atoms with van der Waals surface area (Å²) in [5.74, 6) is 0.602. The van der Waals surface area contributed by atoms with Crippen molar-refractivity contribution in [1.29, 1.82) is 0 Å². The van der Waals surface area contributed by atoms with Crippen molar-refractivity contribution in [2.45, 2.75) is 24.4 Å². The number of aromatic nitrogens is 1. The maximum atomic E-state index is 12.9. The molecule has 28 heavy (non-hydrogen) atoms. The van der Waals surface area contributed by atoms with E-state index in [0.29, 0.717) is 17.1 Å². The minimum atomic E-state index is -0.227. The molecule has 0 aliphatic carbocycles. The van der Waals surface area contributed by atoms with Crippen LogP contribution < -0.4 is 5.32 Å². The number of rotatable bonds is 8. The predicted molar refractivity (Wildman–Crippen MR) is 109 cm³/mol. The number of hydrogen-bond donors (Lipinski definition) is 2. The normalized spacial score (nSPS) is 10.6. The fraction of sp³-hybridized carbons (Fsp3) is 0.182. The lowest BCUT2D eigenvalue weighted by Crippen LogP contribution is -2.23. The van der Waals surface area contributed by atoms with E-state index in [2.05, 4.69) is 10.3 Å². The van der Waals surface area contributed by atoms with Gasteiger partial charge in [0.1, 0.15) is 16.6 Å². The van der Waals surface area contributed by atoms with Gasteiger partial charge in [0.15, 0.2) is 0 Å². The van der Waals surface area contributed by atoms with Gasteiger partial charge in [0, 0.05) is 12.7 Å². The lowest BCUT2D eigenvalue weighted by atomic mass is 10.1. The first-order chi connectivity index (χ1) is 13.6. The fourth-order valence-electron chi connectivity index (χ4n) is 2.67. The van der Waals surface area contributed by atoms with Crippen LogP contribution in [0.15, 0.2) is 71.9 Å². The zero-order valence-corrected chi connectivity index (χ0v) is 16.1. The van der Waals surface area contributed by atoms with Crippen LogP contribution in [0.4, 0.5) is 4.39 Å². The second kappa shape index (κ2) is 9.90. The van der Waals surface area contributed by atoms with Gasteiger partial charge in [0.2, 0.25) is 0 Å². The van der Waals surface area contributed by atoms with Crippen LogP contribution in [0.5, 0.6) is 5.75 Å². The minimum Gasteiger partial charge on any atom is -0.508 e. The van der Waals surface area contributed by atoms with Crippen LogP contribution in [0.2, 0.25) is 0 Å². The van der Waals surface area contributed by atoms with Gasteiger partial charge in [-0.15, -0.1) is 11.8 Å². The van der Waals surface area contributed by atoms with E-state index in [1.54, 1.807) is 66.5 Å². The number of pyridine rings is 1. The molecule has 1 aromatic heterocycles. The van der Waals surface area contributed by atoms with E-state index in [4.69, 9.17) is 0 Å². The van der Waals surface area contributed by atoms with Crippen molar-refractivity contribution < 1.29 is 14.3 Å². The summed E-state index contributed by atoms with van der Waals surface area (Å²) >= 11 is 1.54. The first-order valence-electron chi connectivity index (χ1n) is 9.00. The van der Waals surface area contributed by atoms with Crippen molar-refractivity contribution in [3.63, 3.8) is 0 Å². The minimum absolute atomic E-state index is 0.179. The van der Waals surface area contributed by atoms with E-state index in [0.717, 1.165) is 29.7 Å². The zero-order chi connectivity index (χ0) is 19.8. The second-order valence-electron chi connectivity index (χ2n) is 6.28. The summed E-state index contributed by atoms with van der Waals surface area (Å²) in [7, 11) is 0. The Labute approximate surface area is 167 Å². The third kappa shape index (κ3) is 5.82. The van der Waals surface area contributed by atoms with Crippen LogP contribution in [0.1, 0.15) is 27.9 Å². The molecule has 0 saturated carbocycles. The maximum Gasteiger partial charge on any atom is 0.254 e. The highest BCUT2D eigenvalue weighted by Crippen LogP contribution is 2.22. The number of halogens is 1. The van der Waals surface area contributed by atoms with Gasteiger partial charge in [0.25, 0.3) is 5.91 Å². The number of hydrogen-bond acceptors (Lipinski definition) is 4. The molecule has 1 heterocycles. The third-order valence-corrected chi connectivity index (χ3v) is 5.26. The Hall–Kier alpha value is -2.86. The number of carbonyl (C=O) groups excluding carboxylic acids is 1. The highest BCUT2D eigenvalue weighted by molar-refractivity contribution is 7.99. The van der Waals surface area contributed by atoms with E-state index < -0.39 is 0 Å². The molecule has 2 aromatic carbocycles. The number of nitrogens with one attached hydrogen (secondary N) is 1. The molecule has 4 nitrogen and oxygen atoms in total. The molecule has 3 rings (SSSR count). The Bertz CT molecular complexity index is 915. The van der Waals surface area contributed by atoms with Gasteiger partial charge in [-0.3, -0.25) is 4.79 Å². The van der Waals surface area contributed by atoms with Crippen LogP contribution >= 0.6 is 11.8 Å². The maximum absolute atomic E-state index is 12.9. The van der Waals surface area contributed by atoms with Crippen LogP contribution in [0.25, 0.3) is 0 Å². The average Bonchev–Trinajstić information content (AvgIpc) is 2.72. The lowest BCUT2D eigenvalue weighted by molar-refractivity contribution is 0.0947. The van der Waals surface area contributed by atoms with Crippen molar-refractivity contribution in [3.05, 3.63) is 89.4 Å². The summed E-state index contributed by atoms with van der Waals surface area (Å²) in [4.78, 5) is 16.9. The average molecular weight is 396 g/mol. The topological polar surface area (TPSA) is 62.2 Å². The highest BCUT2D eigenvalue weighted by Gasteiger charge is 2.12. The van der Waals surface area contributed by atoms with Crippen molar-refractivity contribution in [1.82, 2.24) is 10.3 Å². The first kappa shape index (κ1) is 19.9. The van der Waals surface area contributed by atoms with Crippen LogP contribution in [-0.2, 0) is 13.0 Å². The molecular formula is C22H21FN2O2S. The van der Waals surface area contributed by atoms with E-state index in [1.165, 1.54) is 12.1 Å². The van der Waals surface area contributed by atoms with E-state index in [9.17, 15) is 14.3 Å². The molecule has 0 saturated heterocycles. The number of phenols is 1. The van der Waals surface area contributed by atoms with Gasteiger partial charge in [-0.2, -0.15) is 0 Å². The number of nitrogens with zero attached hydrogens (tertiary/aromatic N) is 1. The van der Waals surface area contributed by atoms with Gasteiger partial charge in [0.05, 0.1) is 5.56 Å². The fourth-order valence-corrected chi connectivity index (χ4v) is 3.60. The Morgan fingerprint density at radius 2 is 1.75 bits per heavy atom. The number of phenolic OH excluding ortho intramolecular Hbond substituents is 1. The molecule has 1 amide bonds. The SMILES string of the molecule is O=C(NCc1ccc(O)cc1)c1cccnc1SCCCc1ccc(F)cc1. The van der Waals surface area contributed by atoms with Crippen molar-refractivity contribution in [2.24, 2.45) is 0 Å². The van der Waals surface area contributed by atoms with E-state index in [-0.39, 0.29) is 17.5 Å². The molecular weight excluding hydrogens is 375 g/mol. The van der Waals surface area contributed by atoms with Gasteiger partial charge >= 0.3 is 0 Å². The predicted octanol–water partition coefficient (Wildman–Crippen LogP) is 4.58. The van der Waals surface area contributed by atoms with Gasteiger partial charge < -0.3 is 10.4 Å². The number of thioether (sulfide) groups is 1. The molecule has 144 valence electrons. The second-order valence-corrected chi connectivity index (χ2v) is 7.37. The molecule has 0 aliphatic rings. The zero-order valence-electron chi connectivity index (χ0n) is 15.3. The molecule has 0 spiro atoms. The molecule has 0 aliphatic heterocycles. The number of aromatic hydroxyl groups is 1. The van der Waals surface area contributed by atoms with E-state index >= 15 is 0 Å². The number of carbonyl (C=O) groups is 1. The highest BCUT2D eigenvalue weighted by atomic mass is 32.2. The van der Waals surface area contributed by atoms with Gasteiger partial charge in [-0.05, 0) is 66.1 Å². The molecule has 6 heteroatoms. The molecule has 0 bridgehead atoms. The smallest absolute Gasteiger partial charge is 0.254 e. The molecule has 0 radical (unpaired) electrons. The molecule has 2 N–H and O–H groups in total. The number of amides is 1. The summed E-state index contributed by atoms with van der Waals surface area (Å²) in [6.45, 7) is 0.378. The van der Waals surface area contributed by atoms with E-state index in [1.807, 2.05) is 0 Å². The monoisotopic (exact) mass is 396 g/mol. The quantitative estimate of drug-likeness (QED) is 0.432. The summed E-state index contributed by atoms with van der Waals surface area (Å²) in [6, 6.07) is 16.8. The Balaban J connectivity index is 1.52.